The molecule has 16 heavy (non-hydrogen) atoms. The monoisotopic (exact) mass is 212 g/mol. The summed E-state index contributed by atoms with van der Waals surface area (Å²) in [6, 6.07) is 11.9. The molecular formula is C13H12N2O. The van der Waals surface area contributed by atoms with E-state index in [1.54, 1.807) is 0 Å². The Labute approximate surface area is 94.4 Å². The smallest absolute Gasteiger partial charge is 0.205 e. The lowest BCUT2D eigenvalue weighted by atomic mass is 9.90. The summed E-state index contributed by atoms with van der Waals surface area (Å²) in [6.45, 7) is 1.83. The molecule has 1 aliphatic rings. The molecule has 2 N–H and O–H groups in total. The van der Waals surface area contributed by atoms with Crippen LogP contribution in [-0.4, -0.2) is 0 Å². The van der Waals surface area contributed by atoms with Gasteiger partial charge in [-0.05, 0) is 18.6 Å². The molecule has 1 unspecified atom stereocenters. The molecule has 1 aliphatic heterocycles. The quantitative estimate of drug-likeness (QED) is 0.777. The largest absolute Gasteiger partial charge is 0.445 e. The number of nitrogens with two attached hydrogens (primary N) is 1. The average Bonchev–Trinajstić information content (AvgIpc) is 2.29. The summed E-state index contributed by atoms with van der Waals surface area (Å²) < 4.78 is 5.24. The van der Waals surface area contributed by atoms with Gasteiger partial charge in [-0.25, -0.2) is 0 Å². The molecule has 0 fully saturated rings. The second-order valence-corrected chi connectivity index (χ2v) is 3.66. The molecular weight excluding hydrogens is 200 g/mol. The van der Waals surface area contributed by atoms with Gasteiger partial charge in [0.1, 0.15) is 11.6 Å². The van der Waals surface area contributed by atoms with Gasteiger partial charge in [0, 0.05) is 5.92 Å². The maximum absolute atomic E-state index is 9.08. The normalized spacial score (nSPS) is 19.8. The zero-order valence-corrected chi connectivity index (χ0v) is 8.97. The maximum atomic E-state index is 9.08. The molecule has 2 rings (SSSR count). The molecule has 0 amide bonds. The molecule has 0 spiro atoms. The second kappa shape index (κ2) is 4.11. The third-order valence-electron chi connectivity index (χ3n) is 2.53. The Balaban J connectivity index is 2.47. The van der Waals surface area contributed by atoms with Gasteiger partial charge in [0.15, 0.2) is 0 Å². The number of ether oxygens (including phenoxy) is 1. The number of rotatable bonds is 1. The Morgan fingerprint density at radius 3 is 2.62 bits per heavy atom. The minimum atomic E-state index is -0.0973. The van der Waals surface area contributed by atoms with Crippen molar-refractivity contribution in [1.82, 2.24) is 0 Å². The number of hydrogen-bond acceptors (Lipinski definition) is 3. The third-order valence-corrected chi connectivity index (χ3v) is 2.53. The summed E-state index contributed by atoms with van der Waals surface area (Å²) in [5.74, 6) is 0.835. The molecule has 0 saturated heterocycles. The van der Waals surface area contributed by atoms with E-state index in [4.69, 9.17) is 15.7 Å². The Bertz CT molecular complexity index is 494. The summed E-state index contributed by atoms with van der Waals surface area (Å²) in [5, 5.41) is 9.08. The average molecular weight is 212 g/mol. The Kier molecular flexibility index (Phi) is 2.65. The predicted molar refractivity (Wildman–Crippen MR) is 60.9 cm³/mol. The van der Waals surface area contributed by atoms with E-state index in [0.29, 0.717) is 5.57 Å². The predicted octanol–water partition coefficient (Wildman–Crippen LogP) is 2.40. The summed E-state index contributed by atoms with van der Waals surface area (Å²) in [7, 11) is 0. The van der Waals surface area contributed by atoms with Crippen LogP contribution in [0.4, 0.5) is 0 Å². The fourth-order valence-corrected chi connectivity index (χ4v) is 1.78. The minimum Gasteiger partial charge on any atom is -0.445 e. The van der Waals surface area contributed by atoms with Crippen LogP contribution in [0, 0.1) is 11.3 Å². The van der Waals surface area contributed by atoms with Crippen molar-refractivity contribution in [3.05, 3.63) is 59.2 Å². The molecule has 1 heterocycles. The molecule has 0 saturated carbocycles. The van der Waals surface area contributed by atoms with Gasteiger partial charge in [0.05, 0.1) is 5.76 Å². The molecule has 1 aromatic carbocycles. The standard InChI is InChI=1S/C13H12N2O/c1-9-7-11(10-5-3-2-4-6-10)12(8-14)13(15)16-9/h2-7,11H,15H2,1H3. The van der Waals surface area contributed by atoms with Gasteiger partial charge in [-0.2, -0.15) is 5.26 Å². The fraction of sp³-hybridized carbons (Fsp3) is 0.154. The Hall–Kier alpha value is -2.21. The van der Waals surface area contributed by atoms with Crippen LogP contribution in [-0.2, 0) is 4.74 Å². The number of nitriles is 1. The lowest BCUT2D eigenvalue weighted by molar-refractivity contribution is 0.287. The maximum Gasteiger partial charge on any atom is 0.205 e. The van der Waals surface area contributed by atoms with E-state index >= 15 is 0 Å². The first-order valence-corrected chi connectivity index (χ1v) is 5.03. The van der Waals surface area contributed by atoms with Crippen molar-refractivity contribution in [3.63, 3.8) is 0 Å². The highest BCUT2D eigenvalue weighted by Crippen LogP contribution is 2.32. The van der Waals surface area contributed by atoms with E-state index < -0.39 is 0 Å². The van der Waals surface area contributed by atoms with E-state index in [1.807, 2.05) is 43.3 Å². The van der Waals surface area contributed by atoms with E-state index in [-0.39, 0.29) is 11.8 Å². The molecule has 0 aliphatic carbocycles. The van der Waals surface area contributed by atoms with E-state index in [1.165, 1.54) is 0 Å². The van der Waals surface area contributed by atoms with Crippen molar-refractivity contribution in [2.75, 3.05) is 0 Å². The molecule has 0 radical (unpaired) electrons. The lowest BCUT2D eigenvalue weighted by Crippen LogP contribution is -2.15. The van der Waals surface area contributed by atoms with Crippen molar-refractivity contribution in [2.45, 2.75) is 12.8 Å². The highest BCUT2D eigenvalue weighted by molar-refractivity contribution is 5.44. The first kappa shape index (κ1) is 10.3. The molecule has 1 atom stereocenters. The van der Waals surface area contributed by atoms with Crippen LogP contribution in [0.1, 0.15) is 18.4 Å². The zero-order chi connectivity index (χ0) is 11.5. The molecule has 0 bridgehead atoms. The zero-order valence-electron chi connectivity index (χ0n) is 8.97. The molecule has 3 heteroatoms. The fourth-order valence-electron chi connectivity index (χ4n) is 1.78. The molecule has 1 aromatic rings. The van der Waals surface area contributed by atoms with E-state index in [0.717, 1.165) is 11.3 Å². The van der Waals surface area contributed by atoms with E-state index in [2.05, 4.69) is 6.07 Å². The van der Waals surface area contributed by atoms with Crippen molar-refractivity contribution in [1.29, 1.82) is 5.26 Å². The summed E-state index contributed by atoms with van der Waals surface area (Å²) >= 11 is 0. The Morgan fingerprint density at radius 2 is 2.00 bits per heavy atom. The van der Waals surface area contributed by atoms with Gasteiger partial charge in [0.2, 0.25) is 5.88 Å². The summed E-state index contributed by atoms with van der Waals surface area (Å²) in [5.41, 5.74) is 7.22. The van der Waals surface area contributed by atoms with Gasteiger partial charge in [0.25, 0.3) is 0 Å². The number of allylic oxidation sites excluding steroid dienone is 3. The molecule has 0 aromatic heterocycles. The van der Waals surface area contributed by atoms with Crippen LogP contribution in [0.3, 0.4) is 0 Å². The van der Waals surface area contributed by atoms with Crippen LogP contribution < -0.4 is 5.73 Å². The van der Waals surface area contributed by atoms with Gasteiger partial charge in [-0.1, -0.05) is 30.3 Å². The van der Waals surface area contributed by atoms with Crippen LogP contribution >= 0.6 is 0 Å². The van der Waals surface area contributed by atoms with Gasteiger partial charge < -0.3 is 10.5 Å². The van der Waals surface area contributed by atoms with Gasteiger partial charge in [-0.3, -0.25) is 0 Å². The first-order valence-electron chi connectivity index (χ1n) is 5.03. The first-order chi connectivity index (χ1) is 7.72. The Morgan fingerprint density at radius 1 is 1.31 bits per heavy atom. The summed E-state index contributed by atoms with van der Waals surface area (Å²) in [6.07, 6.45) is 1.91. The number of nitrogens with zero attached hydrogens (tertiary/aromatic N) is 1. The van der Waals surface area contributed by atoms with Crippen molar-refractivity contribution < 1.29 is 4.74 Å². The van der Waals surface area contributed by atoms with Crippen molar-refractivity contribution in [3.8, 4) is 6.07 Å². The number of benzene rings is 1. The van der Waals surface area contributed by atoms with E-state index in [9.17, 15) is 0 Å². The highest BCUT2D eigenvalue weighted by atomic mass is 16.5. The molecule has 80 valence electrons. The summed E-state index contributed by atoms with van der Waals surface area (Å²) in [4.78, 5) is 0. The van der Waals surface area contributed by atoms with Crippen molar-refractivity contribution >= 4 is 0 Å². The van der Waals surface area contributed by atoms with Crippen LogP contribution in [0.2, 0.25) is 0 Å². The second-order valence-electron chi connectivity index (χ2n) is 3.66. The third kappa shape index (κ3) is 1.78. The van der Waals surface area contributed by atoms with Gasteiger partial charge >= 0.3 is 0 Å². The lowest BCUT2D eigenvalue weighted by Gasteiger charge is -2.21. The van der Waals surface area contributed by atoms with Crippen LogP contribution in [0.25, 0.3) is 0 Å². The SMILES string of the molecule is CC1=CC(c2ccccc2)C(C#N)=C(N)O1. The van der Waals surface area contributed by atoms with Gasteiger partial charge in [-0.15, -0.1) is 0 Å². The van der Waals surface area contributed by atoms with Crippen LogP contribution in [0.15, 0.2) is 53.6 Å². The topological polar surface area (TPSA) is 59.0 Å². The highest BCUT2D eigenvalue weighted by Gasteiger charge is 2.23. The minimum absolute atomic E-state index is 0.0973. The molecule has 3 nitrogen and oxygen atoms in total. The number of hydrogen-bond donors (Lipinski definition) is 1. The van der Waals surface area contributed by atoms with Crippen LogP contribution in [0.5, 0.6) is 0 Å². The van der Waals surface area contributed by atoms with Crippen molar-refractivity contribution in [2.24, 2.45) is 5.73 Å².